The molecule has 1 aromatic rings. The van der Waals surface area contributed by atoms with Gasteiger partial charge in [-0.15, -0.1) is 11.8 Å². The molecule has 3 heteroatoms. The van der Waals surface area contributed by atoms with E-state index in [1.807, 2.05) is 6.08 Å². The van der Waals surface area contributed by atoms with Gasteiger partial charge in [-0.3, -0.25) is 0 Å². The Morgan fingerprint density at radius 1 is 1.39 bits per heavy atom. The summed E-state index contributed by atoms with van der Waals surface area (Å²) < 4.78 is 4.66. The lowest BCUT2D eigenvalue weighted by molar-refractivity contribution is -0.136. The predicted octanol–water partition coefficient (Wildman–Crippen LogP) is 3.39. The van der Waals surface area contributed by atoms with Crippen molar-refractivity contribution in [3.05, 3.63) is 41.0 Å². The van der Waals surface area contributed by atoms with Crippen LogP contribution < -0.4 is 0 Å². The number of carbonyl (C=O) groups is 1. The molecule has 0 aliphatic heterocycles. The van der Waals surface area contributed by atoms with Gasteiger partial charge in [0.05, 0.1) is 7.11 Å². The van der Waals surface area contributed by atoms with E-state index in [1.165, 1.54) is 42.4 Å². The Morgan fingerprint density at radius 3 is 2.94 bits per heavy atom. The lowest BCUT2D eigenvalue weighted by atomic mass is 10.1. The van der Waals surface area contributed by atoms with Crippen molar-refractivity contribution in [3.63, 3.8) is 0 Å². The van der Waals surface area contributed by atoms with Gasteiger partial charge in [-0.2, -0.15) is 0 Å². The van der Waals surface area contributed by atoms with Crippen molar-refractivity contribution >= 4 is 17.7 Å². The van der Waals surface area contributed by atoms with Gasteiger partial charge < -0.3 is 4.74 Å². The smallest absolute Gasteiger partial charge is 0.333 e. The zero-order chi connectivity index (χ0) is 13.0. The van der Waals surface area contributed by atoms with Crippen molar-refractivity contribution in [2.45, 2.75) is 31.1 Å². The van der Waals surface area contributed by atoms with E-state index in [4.69, 9.17) is 0 Å². The summed E-state index contributed by atoms with van der Waals surface area (Å²) >= 11 is 1.76. The van der Waals surface area contributed by atoms with E-state index in [1.54, 1.807) is 18.7 Å². The van der Waals surface area contributed by atoms with Gasteiger partial charge in [0.2, 0.25) is 0 Å². The minimum atomic E-state index is -0.246. The second kappa shape index (κ2) is 6.10. The summed E-state index contributed by atoms with van der Waals surface area (Å²) in [6.07, 6.45) is 5.64. The molecule has 0 radical (unpaired) electrons. The fourth-order valence-corrected chi connectivity index (χ4v) is 3.06. The van der Waals surface area contributed by atoms with Gasteiger partial charge in [-0.1, -0.05) is 12.1 Å². The molecule has 0 fully saturated rings. The van der Waals surface area contributed by atoms with Gasteiger partial charge in [-0.25, -0.2) is 4.79 Å². The highest BCUT2D eigenvalue weighted by Gasteiger charge is 2.10. The van der Waals surface area contributed by atoms with Crippen LogP contribution in [-0.2, 0) is 22.4 Å². The number of hydrogen-bond acceptors (Lipinski definition) is 3. The van der Waals surface area contributed by atoms with Crippen LogP contribution in [-0.4, -0.2) is 18.8 Å². The largest absolute Gasteiger partial charge is 0.466 e. The minimum Gasteiger partial charge on any atom is -0.466 e. The highest BCUT2D eigenvalue weighted by atomic mass is 32.2. The molecule has 0 N–H and O–H groups in total. The average Bonchev–Trinajstić information content (AvgIpc) is 2.85. The molecule has 0 aromatic heterocycles. The van der Waals surface area contributed by atoms with Crippen LogP contribution in [0.3, 0.4) is 0 Å². The Labute approximate surface area is 112 Å². The molecule has 1 aliphatic carbocycles. The van der Waals surface area contributed by atoms with E-state index in [9.17, 15) is 4.79 Å². The molecule has 1 aromatic carbocycles. The van der Waals surface area contributed by atoms with Gasteiger partial charge in [0.15, 0.2) is 0 Å². The third-order valence-corrected chi connectivity index (χ3v) is 4.14. The molecule has 0 saturated heterocycles. The Balaban J connectivity index is 1.93. The van der Waals surface area contributed by atoms with Crippen molar-refractivity contribution in [1.82, 2.24) is 0 Å². The monoisotopic (exact) mass is 262 g/mol. The van der Waals surface area contributed by atoms with E-state index in [0.29, 0.717) is 5.57 Å². The normalized spacial score (nSPS) is 14.4. The number of fused-ring (bicyclic) bond motifs is 1. The van der Waals surface area contributed by atoms with Gasteiger partial charge in [0, 0.05) is 16.2 Å². The summed E-state index contributed by atoms with van der Waals surface area (Å²) in [5.74, 6) is 0.559. The second-order valence-electron chi connectivity index (χ2n) is 4.47. The predicted molar refractivity (Wildman–Crippen MR) is 75.0 cm³/mol. The van der Waals surface area contributed by atoms with Crippen molar-refractivity contribution in [2.75, 3.05) is 12.9 Å². The number of thioether (sulfide) groups is 1. The van der Waals surface area contributed by atoms with Crippen molar-refractivity contribution < 1.29 is 9.53 Å². The lowest BCUT2D eigenvalue weighted by Crippen LogP contribution is -2.01. The van der Waals surface area contributed by atoms with Crippen molar-refractivity contribution in [3.8, 4) is 0 Å². The molecule has 18 heavy (non-hydrogen) atoms. The first-order valence-corrected chi connectivity index (χ1v) is 7.19. The quantitative estimate of drug-likeness (QED) is 0.472. The summed E-state index contributed by atoms with van der Waals surface area (Å²) in [7, 11) is 1.41. The molecule has 0 spiro atoms. The Hall–Kier alpha value is -1.22. The Bertz CT molecular complexity index is 477. The third kappa shape index (κ3) is 3.16. The van der Waals surface area contributed by atoms with E-state index in [2.05, 4.69) is 22.9 Å². The summed E-state index contributed by atoms with van der Waals surface area (Å²) in [5, 5.41) is 0. The SMILES string of the molecule is COC(=O)C(C)=CCSc1ccc2c(c1)CCC2. The fraction of sp³-hybridized carbons (Fsp3) is 0.400. The summed E-state index contributed by atoms with van der Waals surface area (Å²) in [6.45, 7) is 1.79. The molecular weight excluding hydrogens is 244 g/mol. The summed E-state index contributed by atoms with van der Waals surface area (Å²) in [6, 6.07) is 6.70. The standard InChI is InChI=1S/C15H18O2S/c1-11(15(16)17-2)8-9-18-14-7-6-12-4-3-5-13(12)10-14/h6-8,10H,3-5,9H2,1-2H3. The van der Waals surface area contributed by atoms with Gasteiger partial charge in [0.1, 0.15) is 0 Å². The van der Waals surface area contributed by atoms with Crippen LogP contribution in [0.5, 0.6) is 0 Å². The second-order valence-corrected chi connectivity index (χ2v) is 5.57. The van der Waals surface area contributed by atoms with E-state index in [0.717, 1.165) is 5.75 Å². The molecule has 0 atom stereocenters. The third-order valence-electron chi connectivity index (χ3n) is 3.22. The van der Waals surface area contributed by atoms with Crippen LogP contribution in [0.4, 0.5) is 0 Å². The molecular formula is C15H18O2S. The van der Waals surface area contributed by atoms with E-state index < -0.39 is 0 Å². The van der Waals surface area contributed by atoms with E-state index >= 15 is 0 Å². The Kier molecular flexibility index (Phi) is 4.48. The first kappa shape index (κ1) is 13.2. The number of aryl methyl sites for hydroxylation is 2. The van der Waals surface area contributed by atoms with Crippen LogP contribution >= 0.6 is 11.8 Å². The molecule has 1 aliphatic rings. The Morgan fingerprint density at radius 2 is 2.17 bits per heavy atom. The first-order chi connectivity index (χ1) is 8.70. The summed E-state index contributed by atoms with van der Waals surface area (Å²) in [5.41, 5.74) is 3.67. The minimum absolute atomic E-state index is 0.246. The zero-order valence-corrected chi connectivity index (χ0v) is 11.7. The molecule has 0 saturated carbocycles. The molecule has 0 unspecified atom stereocenters. The molecule has 0 bridgehead atoms. The first-order valence-electron chi connectivity index (χ1n) is 6.20. The number of ether oxygens (including phenoxy) is 1. The van der Waals surface area contributed by atoms with Crippen molar-refractivity contribution in [2.24, 2.45) is 0 Å². The maximum atomic E-state index is 11.2. The number of rotatable bonds is 4. The fourth-order valence-electron chi connectivity index (χ4n) is 2.15. The zero-order valence-electron chi connectivity index (χ0n) is 10.9. The number of benzene rings is 1. The number of esters is 1. The highest BCUT2D eigenvalue weighted by molar-refractivity contribution is 7.99. The maximum Gasteiger partial charge on any atom is 0.333 e. The van der Waals surface area contributed by atoms with E-state index in [-0.39, 0.29) is 5.97 Å². The number of carbonyl (C=O) groups excluding carboxylic acids is 1. The van der Waals surface area contributed by atoms with Gasteiger partial charge in [0.25, 0.3) is 0 Å². The van der Waals surface area contributed by atoms with Crippen LogP contribution in [0.15, 0.2) is 34.7 Å². The highest BCUT2D eigenvalue weighted by Crippen LogP contribution is 2.27. The van der Waals surface area contributed by atoms with Crippen LogP contribution in [0.2, 0.25) is 0 Å². The van der Waals surface area contributed by atoms with Gasteiger partial charge in [-0.05, 0) is 49.4 Å². The molecule has 2 nitrogen and oxygen atoms in total. The molecule has 2 rings (SSSR count). The number of methoxy groups -OCH3 is 1. The van der Waals surface area contributed by atoms with Crippen molar-refractivity contribution in [1.29, 1.82) is 0 Å². The van der Waals surface area contributed by atoms with Crippen LogP contribution in [0, 0.1) is 0 Å². The molecule has 96 valence electrons. The maximum absolute atomic E-state index is 11.2. The average molecular weight is 262 g/mol. The van der Waals surface area contributed by atoms with Crippen LogP contribution in [0.1, 0.15) is 24.5 Å². The van der Waals surface area contributed by atoms with Crippen LogP contribution in [0.25, 0.3) is 0 Å². The topological polar surface area (TPSA) is 26.3 Å². The molecule has 0 amide bonds. The lowest BCUT2D eigenvalue weighted by Gasteiger charge is -2.03. The molecule has 0 heterocycles. The summed E-state index contributed by atoms with van der Waals surface area (Å²) in [4.78, 5) is 12.5. The van der Waals surface area contributed by atoms with Gasteiger partial charge >= 0.3 is 5.97 Å². The number of hydrogen-bond donors (Lipinski definition) is 0.